The van der Waals surface area contributed by atoms with Crippen LogP contribution in [0.2, 0.25) is 0 Å². The van der Waals surface area contributed by atoms with Gasteiger partial charge < -0.3 is 4.43 Å². The fourth-order valence-electron chi connectivity index (χ4n) is 1.59. The van der Waals surface area contributed by atoms with Crippen LogP contribution in [0, 0.1) is 0 Å². The Morgan fingerprint density at radius 1 is 1.00 bits per heavy atom. The number of alkyl halides is 1. The molecule has 86 valence electrons. The molecule has 0 aromatic heterocycles. The quantitative estimate of drug-likeness (QED) is 0.440. The van der Waals surface area contributed by atoms with E-state index < -0.39 is 9.76 Å². The van der Waals surface area contributed by atoms with Gasteiger partial charge in [-0.1, -0.05) is 40.0 Å². The van der Waals surface area contributed by atoms with Crippen LogP contribution in [-0.4, -0.2) is 20.9 Å². The molecular formula is C11H25ClOSi. The molecule has 0 bridgehead atoms. The summed E-state index contributed by atoms with van der Waals surface area (Å²) in [6.07, 6.45) is 7.65. The first kappa shape index (κ1) is 14.5. The van der Waals surface area contributed by atoms with E-state index in [1.165, 1.54) is 32.1 Å². The highest BCUT2D eigenvalue weighted by molar-refractivity contribution is 6.48. The topological polar surface area (TPSA) is 9.23 Å². The Kier molecular flexibility index (Phi) is 10.3. The van der Waals surface area contributed by atoms with E-state index in [1.54, 1.807) is 0 Å². The van der Waals surface area contributed by atoms with Gasteiger partial charge in [0.15, 0.2) is 9.76 Å². The molecule has 1 atom stereocenters. The van der Waals surface area contributed by atoms with Crippen LogP contribution < -0.4 is 0 Å². The lowest BCUT2D eigenvalue weighted by atomic mass is 10.1. The number of halogens is 1. The highest BCUT2D eigenvalue weighted by Crippen LogP contribution is 2.11. The predicted molar refractivity (Wildman–Crippen MR) is 67.8 cm³/mol. The van der Waals surface area contributed by atoms with Crippen molar-refractivity contribution >= 4 is 21.4 Å². The fraction of sp³-hybridized carbons (Fsp3) is 1.00. The minimum absolute atomic E-state index is 0.344. The van der Waals surface area contributed by atoms with E-state index in [1.807, 2.05) is 0 Å². The van der Waals surface area contributed by atoms with Gasteiger partial charge in [-0.3, -0.25) is 0 Å². The second-order valence-corrected chi connectivity index (χ2v) is 6.71. The molecule has 0 amide bonds. The van der Waals surface area contributed by atoms with E-state index in [0.29, 0.717) is 11.1 Å². The smallest absolute Gasteiger partial charge is 0.179 e. The van der Waals surface area contributed by atoms with Gasteiger partial charge in [-0.2, -0.15) is 0 Å². The zero-order chi connectivity index (χ0) is 10.8. The third-order valence-corrected chi connectivity index (χ3v) is 4.37. The monoisotopic (exact) mass is 236 g/mol. The van der Waals surface area contributed by atoms with E-state index >= 15 is 0 Å². The summed E-state index contributed by atoms with van der Waals surface area (Å²) >= 11 is 6.16. The molecule has 1 nitrogen and oxygen atoms in total. The normalized spacial score (nSPS) is 14.4. The van der Waals surface area contributed by atoms with Gasteiger partial charge in [-0.15, -0.1) is 11.6 Å². The van der Waals surface area contributed by atoms with Crippen molar-refractivity contribution in [2.24, 2.45) is 0 Å². The molecule has 0 aliphatic rings. The van der Waals surface area contributed by atoms with Gasteiger partial charge in [0.25, 0.3) is 0 Å². The van der Waals surface area contributed by atoms with Gasteiger partial charge in [-0.25, -0.2) is 0 Å². The lowest BCUT2D eigenvalue weighted by Crippen LogP contribution is -2.21. The standard InChI is InChI=1S/C11H25ClOSi/c1-4-7-10(8-5-2)13-14-11(12)9-6-3/h10-11H,4-9,14H2,1-3H3. The molecule has 0 spiro atoms. The summed E-state index contributed by atoms with van der Waals surface area (Å²) in [5, 5.41) is 0.344. The number of hydrogen-bond donors (Lipinski definition) is 0. The summed E-state index contributed by atoms with van der Waals surface area (Å²) in [6.45, 7) is 6.62. The molecule has 14 heavy (non-hydrogen) atoms. The van der Waals surface area contributed by atoms with Crippen molar-refractivity contribution in [1.82, 2.24) is 0 Å². The van der Waals surface area contributed by atoms with Crippen molar-refractivity contribution in [2.75, 3.05) is 0 Å². The Morgan fingerprint density at radius 2 is 1.50 bits per heavy atom. The zero-order valence-corrected chi connectivity index (χ0v) is 12.1. The van der Waals surface area contributed by atoms with Crippen LogP contribution in [-0.2, 0) is 4.43 Å². The lowest BCUT2D eigenvalue weighted by molar-refractivity contribution is 0.186. The van der Waals surface area contributed by atoms with Crippen molar-refractivity contribution in [3.05, 3.63) is 0 Å². The predicted octanol–water partition coefficient (Wildman–Crippen LogP) is 3.42. The average Bonchev–Trinajstić information content (AvgIpc) is 2.15. The highest BCUT2D eigenvalue weighted by atomic mass is 35.5. The maximum atomic E-state index is 6.16. The van der Waals surface area contributed by atoms with Gasteiger partial charge in [0.05, 0.1) is 0 Å². The lowest BCUT2D eigenvalue weighted by Gasteiger charge is -2.18. The van der Waals surface area contributed by atoms with Crippen LogP contribution in [0.15, 0.2) is 0 Å². The first-order valence-electron chi connectivity index (χ1n) is 6.00. The van der Waals surface area contributed by atoms with Crippen molar-refractivity contribution in [2.45, 2.75) is 70.4 Å². The Balaban J connectivity index is 3.57. The van der Waals surface area contributed by atoms with Crippen molar-refractivity contribution in [3.63, 3.8) is 0 Å². The number of rotatable bonds is 9. The molecule has 0 saturated carbocycles. The summed E-state index contributed by atoms with van der Waals surface area (Å²) in [5.74, 6) is 0. The van der Waals surface area contributed by atoms with Crippen LogP contribution >= 0.6 is 11.6 Å². The summed E-state index contributed by atoms with van der Waals surface area (Å²) in [7, 11) is -0.498. The fourth-order valence-corrected chi connectivity index (χ4v) is 3.42. The molecular weight excluding hydrogens is 212 g/mol. The molecule has 0 fully saturated rings. The molecule has 0 aromatic carbocycles. The Bertz CT molecular complexity index is 116. The summed E-state index contributed by atoms with van der Waals surface area (Å²) in [5.41, 5.74) is 0. The average molecular weight is 237 g/mol. The van der Waals surface area contributed by atoms with Crippen LogP contribution in [0.1, 0.15) is 59.3 Å². The van der Waals surface area contributed by atoms with Crippen LogP contribution in [0.25, 0.3) is 0 Å². The Labute approximate surface area is 96.5 Å². The summed E-state index contributed by atoms with van der Waals surface area (Å²) in [6, 6.07) is 0. The first-order valence-corrected chi connectivity index (χ1v) is 7.83. The Hall–Kier alpha value is 0.467. The largest absolute Gasteiger partial charge is 0.420 e. The molecule has 0 heterocycles. The third kappa shape index (κ3) is 7.83. The molecule has 0 aliphatic heterocycles. The maximum Gasteiger partial charge on any atom is 0.179 e. The van der Waals surface area contributed by atoms with E-state index in [2.05, 4.69) is 20.8 Å². The van der Waals surface area contributed by atoms with E-state index in [-0.39, 0.29) is 0 Å². The molecule has 3 heteroatoms. The summed E-state index contributed by atoms with van der Waals surface area (Å²) < 4.78 is 5.94. The van der Waals surface area contributed by atoms with Crippen molar-refractivity contribution in [1.29, 1.82) is 0 Å². The van der Waals surface area contributed by atoms with Gasteiger partial charge in [0, 0.05) is 11.1 Å². The number of hydrogen-bond acceptors (Lipinski definition) is 1. The van der Waals surface area contributed by atoms with Crippen LogP contribution in [0.5, 0.6) is 0 Å². The molecule has 0 rings (SSSR count). The van der Waals surface area contributed by atoms with Crippen LogP contribution in [0.4, 0.5) is 0 Å². The molecule has 1 unspecified atom stereocenters. The van der Waals surface area contributed by atoms with Crippen molar-refractivity contribution < 1.29 is 4.43 Å². The SMILES string of the molecule is CCCC(CCC)O[SiH2]C(Cl)CCC. The summed E-state index contributed by atoms with van der Waals surface area (Å²) in [4.78, 5) is 0. The Morgan fingerprint density at radius 3 is 1.93 bits per heavy atom. The van der Waals surface area contributed by atoms with E-state index in [4.69, 9.17) is 16.0 Å². The van der Waals surface area contributed by atoms with Gasteiger partial charge in [0.1, 0.15) is 0 Å². The van der Waals surface area contributed by atoms with E-state index in [9.17, 15) is 0 Å². The third-order valence-electron chi connectivity index (χ3n) is 2.34. The van der Waals surface area contributed by atoms with Crippen molar-refractivity contribution in [3.8, 4) is 0 Å². The van der Waals surface area contributed by atoms with Gasteiger partial charge >= 0.3 is 0 Å². The molecule has 0 aromatic rings. The highest BCUT2D eigenvalue weighted by Gasteiger charge is 2.10. The zero-order valence-electron chi connectivity index (χ0n) is 9.89. The van der Waals surface area contributed by atoms with Gasteiger partial charge in [-0.05, 0) is 19.3 Å². The molecule has 0 N–H and O–H groups in total. The minimum atomic E-state index is -0.498. The first-order chi connectivity index (χ1) is 6.74. The molecule has 0 saturated heterocycles. The second kappa shape index (κ2) is 10.0. The second-order valence-electron chi connectivity index (χ2n) is 3.92. The van der Waals surface area contributed by atoms with Gasteiger partial charge in [0.2, 0.25) is 0 Å². The maximum absolute atomic E-state index is 6.16. The molecule has 0 aliphatic carbocycles. The molecule has 0 radical (unpaired) electrons. The van der Waals surface area contributed by atoms with E-state index in [0.717, 1.165) is 6.42 Å². The van der Waals surface area contributed by atoms with Crippen LogP contribution in [0.3, 0.4) is 0 Å². The minimum Gasteiger partial charge on any atom is -0.420 e.